The lowest BCUT2D eigenvalue weighted by Gasteiger charge is -2.39. The van der Waals surface area contributed by atoms with E-state index in [9.17, 15) is 27.6 Å². The normalized spacial score (nSPS) is 20.6. The van der Waals surface area contributed by atoms with Crippen molar-refractivity contribution in [2.75, 3.05) is 18.1 Å². The molecular weight excluding hydrogens is 363 g/mol. The molecule has 1 aliphatic heterocycles. The van der Waals surface area contributed by atoms with E-state index < -0.39 is 42.2 Å². The number of carbonyl (C=O) groups is 3. The highest BCUT2D eigenvalue weighted by atomic mass is 19.4. The van der Waals surface area contributed by atoms with Crippen molar-refractivity contribution >= 4 is 23.5 Å². The number of morpholine rings is 1. The van der Waals surface area contributed by atoms with Crippen molar-refractivity contribution in [3.8, 4) is 5.75 Å². The van der Waals surface area contributed by atoms with E-state index in [1.165, 1.54) is 12.1 Å². The summed E-state index contributed by atoms with van der Waals surface area (Å²) in [7, 11) is 0. The SMILES string of the molecule is CC(=O)O[C@@]1(CC(=O)O)OCCN(c2cccc(OC(F)(F)F)c2)C1=O. The first-order valence-electron chi connectivity index (χ1n) is 7.25. The third kappa shape index (κ3) is 4.63. The van der Waals surface area contributed by atoms with Gasteiger partial charge in [-0.3, -0.25) is 14.4 Å². The van der Waals surface area contributed by atoms with E-state index in [4.69, 9.17) is 14.6 Å². The van der Waals surface area contributed by atoms with Crippen LogP contribution in [0.4, 0.5) is 18.9 Å². The summed E-state index contributed by atoms with van der Waals surface area (Å²) in [5.74, 6) is -6.39. The molecule has 0 radical (unpaired) electrons. The molecule has 1 aliphatic rings. The molecule has 11 heteroatoms. The topological polar surface area (TPSA) is 102 Å². The maximum absolute atomic E-state index is 12.7. The number of esters is 1. The van der Waals surface area contributed by atoms with Crippen LogP contribution in [0.25, 0.3) is 0 Å². The van der Waals surface area contributed by atoms with E-state index in [2.05, 4.69) is 4.74 Å². The Kier molecular flexibility index (Phi) is 5.40. The van der Waals surface area contributed by atoms with Gasteiger partial charge in [-0.05, 0) is 12.1 Å². The zero-order chi connectivity index (χ0) is 19.5. The number of hydrogen-bond acceptors (Lipinski definition) is 6. The molecule has 0 saturated carbocycles. The summed E-state index contributed by atoms with van der Waals surface area (Å²) in [5, 5.41) is 9.00. The van der Waals surface area contributed by atoms with Crippen molar-refractivity contribution in [3.63, 3.8) is 0 Å². The van der Waals surface area contributed by atoms with Crippen LogP contribution < -0.4 is 9.64 Å². The van der Waals surface area contributed by atoms with Crippen LogP contribution in [0.2, 0.25) is 0 Å². The molecule has 0 bridgehead atoms. The predicted octanol–water partition coefficient (Wildman–Crippen LogP) is 1.68. The summed E-state index contributed by atoms with van der Waals surface area (Å²) >= 11 is 0. The fourth-order valence-electron chi connectivity index (χ4n) is 2.43. The summed E-state index contributed by atoms with van der Waals surface area (Å²) in [4.78, 5) is 36.0. The lowest BCUT2D eigenvalue weighted by molar-refractivity contribution is -0.274. The zero-order valence-corrected chi connectivity index (χ0v) is 13.4. The number of halogens is 3. The lowest BCUT2D eigenvalue weighted by Crippen LogP contribution is -2.59. The molecule has 1 N–H and O–H groups in total. The van der Waals surface area contributed by atoms with Gasteiger partial charge in [0.05, 0.1) is 6.61 Å². The van der Waals surface area contributed by atoms with E-state index in [0.29, 0.717) is 0 Å². The van der Waals surface area contributed by atoms with Gasteiger partial charge in [-0.1, -0.05) is 6.07 Å². The quantitative estimate of drug-likeness (QED) is 0.779. The summed E-state index contributed by atoms with van der Waals surface area (Å²) in [6.45, 7) is 0.685. The Morgan fingerprint density at radius 1 is 1.38 bits per heavy atom. The third-order valence-corrected chi connectivity index (χ3v) is 3.28. The molecule has 0 aliphatic carbocycles. The highest BCUT2D eigenvalue weighted by molar-refractivity contribution is 6.02. The standard InChI is InChI=1S/C15H14F3NO7/c1-9(20)25-14(8-12(21)22)13(23)19(5-6-24-14)10-3-2-4-11(7-10)26-15(16,17)18/h2-4,7H,5-6,8H2,1H3,(H,21,22)/t14-/m1/s1. The Labute approximate surface area is 145 Å². The summed E-state index contributed by atoms with van der Waals surface area (Å²) in [6.07, 6.45) is -5.88. The number of ether oxygens (including phenoxy) is 3. The number of amides is 1. The number of hydrogen-bond donors (Lipinski definition) is 1. The minimum absolute atomic E-state index is 0.00182. The van der Waals surface area contributed by atoms with Gasteiger partial charge in [0.1, 0.15) is 12.2 Å². The minimum Gasteiger partial charge on any atom is -0.481 e. The monoisotopic (exact) mass is 377 g/mol. The molecule has 0 spiro atoms. The predicted molar refractivity (Wildman–Crippen MR) is 78.2 cm³/mol. The van der Waals surface area contributed by atoms with Crippen LogP contribution in [0, 0.1) is 0 Å². The van der Waals surface area contributed by atoms with Gasteiger partial charge in [-0.2, -0.15) is 0 Å². The van der Waals surface area contributed by atoms with Gasteiger partial charge in [-0.25, -0.2) is 0 Å². The minimum atomic E-state index is -4.92. The molecule has 1 heterocycles. The third-order valence-electron chi connectivity index (χ3n) is 3.28. The average Bonchev–Trinajstić information content (AvgIpc) is 2.47. The molecule has 1 fully saturated rings. The number of benzene rings is 1. The van der Waals surface area contributed by atoms with E-state index in [0.717, 1.165) is 24.0 Å². The highest BCUT2D eigenvalue weighted by Crippen LogP contribution is 2.32. The van der Waals surface area contributed by atoms with Gasteiger partial charge >= 0.3 is 30.0 Å². The van der Waals surface area contributed by atoms with E-state index >= 15 is 0 Å². The Morgan fingerprint density at radius 3 is 2.65 bits per heavy atom. The van der Waals surface area contributed by atoms with Crippen molar-refractivity contribution in [2.24, 2.45) is 0 Å². The number of nitrogens with zero attached hydrogens (tertiary/aromatic N) is 1. The first-order chi connectivity index (χ1) is 12.0. The van der Waals surface area contributed by atoms with Gasteiger partial charge in [0.25, 0.3) is 0 Å². The Hall–Kier alpha value is -2.82. The smallest absolute Gasteiger partial charge is 0.481 e. The van der Waals surface area contributed by atoms with Crippen LogP contribution >= 0.6 is 0 Å². The maximum Gasteiger partial charge on any atom is 0.573 e. The van der Waals surface area contributed by atoms with Gasteiger partial charge in [0.2, 0.25) is 0 Å². The van der Waals surface area contributed by atoms with E-state index in [-0.39, 0.29) is 18.8 Å². The lowest BCUT2D eigenvalue weighted by atomic mass is 10.1. The fraction of sp³-hybridized carbons (Fsp3) is 0.400. The van der Waals surface area contributed by atoms with Gasteiger partial charge < -0.3 is 24.2 Å². The van der Waals surface area contributed by atoms with E-state index in [1.54, 1.807) is 0 Å². The molecule has 1 atom stereocenters. The number of carbonyl (C=O) groups excluding carboxylic acids is 2. The first-order valence-corrected chi connectivity index (χ1v) is 7.25. The molecule has 0 unspecified atom stereocenters. The number of carboxylic acid groups (broad SMARTS) is 1. The van der Waals surface area contributed by atoms with Crippen LogP contribution in [-0.4, -0.2) is 48.3 Å². The van der Waals surface area contributed by atoms with Crippen molar-refractivity contribution in [1.82, 2.24) is 0 Å². The Morgan fingerprint density at radius 2 is 2.08 bits per heavy atom. The molecule has 2 rings (SSSR count). The van der Waals surface area contributed by atoms with Crippen LogP contribution in [-0.2, 0) is 23.9 Å². The second kappa shape index (κ2) is 7.20. The number of aliphatic carboxylic acids is 1. The fourth-order valence-corrected chi connectivity index (χ4v) is 2.43. The van der Waals surface area contributed by atoms with E-state index in [1.807, 2.05) is 0 Å². The Bertz CT molecular complexity index is 703. The summed E-state index contributed by atoms with van der Waals surface area (Å²) in [5.41, 5.74) is 0.00182. The van der Waals surface area contributed by atoms with Gasteiger partial charge in [0.15, 0.2) is 0 Å². The summed E-state index contributed by atoms with van der Waals surface area (Å²) < 4.78 is 50.8. The van der Waals surface area contributed by atoms with Crippen molar-refractivity contribution in [2.45, 2.75) is 25.5 Å². The molecule has 1 amide bonds. The van der Waals surface area contributed by atoms with Crippen molar-refractivity contribution in [1.29, 1.82) is 0 Å². The molecular formula is C15H14F3NO7. The first kappa shape index (κ1) is 19.5. The largest absolute Gasteiger partial charge is 0.573 e. The van der Waals surface area contributed by atoms with Crippen molar-refractivity contribution < 1.29 is 46.9 Å². The number of carboxylic acids is 1. The molecule has 0 aromatic heterocycles. The molecule has 8 nitrogen and oxygen atoms in total. The van der Waals surface area contributed by atoms with Crippen LogP contribution in [0.5, 0.6) is 5.75 Å². The number of alkyl halides is 3. The maximum atomic E-state index is 12.7. The molecule has 1 aromatic rings. The van der Waals surface area contributed by atoms with Crippen LogP contribution in [0.1, 0.15) is 13.3 Å². The second-order valence-electron chi connectivity index (χ2n) is 5.27. The zero-order valence-electron chi connectivity index (χ0n) is 13.4. The molecule has 1 saturated heterocycles. The molecule has 142 valence electrons. The summed E-state index contributed by atoms with van der Waals surface area (Å²) in [6, 6.07) is 4.55. The number of anilines is 1. The van der Waals surface area contributed by atoms with Gasteiger partial charge in [-0.15, -0.1) is 13.2 Å². The molecule has 1 aromatic carbocycles. The highest BCUT2D eigenvalue weighted by Gasteiger charge is 2.51. The van der Waals surface area contributed by atoms with Crippen molar-refractivity contribution in [3.05, 3.63) is 24.3 Å². The van der Waals surface area contributed by atoms with Crippen LogP contribution in [0.3, 0.4) is 0 Å². The number of rotatable bonds is 5. The average molecular weight is 377 g/mol. The molecule has 26 heavy (non-hydrogen) atoms. The van der Waals surface area contributed by atoms with Gasteiger partial charge in [0, 0.05) is 25.2 Å². The Balaban J connectivity index is 2.35. The second-order valence-corrected chi connectivity index (χ2v) is 5.27. The van der Waals surface area contributed by atoms with Crippen LogP contribution in [0.15, 0.2) is 24.3 Å².